The van der Waals surface area contributed by atoms with Crippen molar-refractivity contribution in [3.8, 4) is 5.88 Å². The van der Waals surface area contributed by atoms with Crippen molar-refractivity contribution >= 4 is 62.5 Å². The third-order valence-electron chi connectivity index (χ3n) is 3.18. The minimum Gasteiger partial charge on any atom is -0.493 e. The van der Waals surface area contributed by atoms with Crippen LogP contribution in [0.5, 0.6) is 5.88 Å². The lowest BCUT2D eigenvalue weighted by molar-refractivity contribution is -0.146. The first-order valence-electron chi connectivity index (χ1n) is 6.77. The van der Waals surface area contributed by atoms with Gasteiger partial charge in [0.1, 0.15) is 6.04 Å². The molecule has 0 spiro atoms. The number of carbonyl (C=O) groups is 1. The van der Waals surface area contributed by atoms with E-state index in [9.17, 15) is 9.90 Å². The Balaban J connectivity index is 2.68. The number of thiocarbonyl (C=S) groups is 1. The molecule has 122 valence electrons. The molecular weight excluding hydrogens is 431 g/mol. The van der Waals surface area contributed by atoms with Crippen LogP contribution in [0.2, 0.25) is 0 Å². The molecule has 0 aliphatic rings. The van der Waals surface area contributed by atoms with Gasteiger partial charge in [-0.25, -0.2) is 4.79 Å². The van der Waals surface area contributed by atoms with E-state index in [-0.39, 0.29) is 23.3 Å². The van der Waals surface area contributed by atoms with E-state index in [4.69, 9.17) is 10.5 Å². The maximum absolute atomic E-state index is 12.0. The van der Waals surface area contributed by atoms with E-state index >= 15 is 0 Å². The van der Waals surface area contributed by atoms with Crippen LogP contribution >= 0.6 is 34.8 Å². The third-order valence-corrected chi connectivity index (χ3v) is 3.93. The molecular formula is C14H15IN4O3S. The molecule has 0 radical (unpaired) electrons. The van der Waals surface area contributed by atoms with E-state index in [1.165, 1.54) is 4.57 Å². The van der Waals surface area contributed by atoms with Crippen molar-refractivity contribution < 1.29 is 14.6 Å². The van der Waals surface area contributed by atoms with Crippen molar-refractivity contribution in [1.29, 1.82) is 0 Å². The number of azo groups is 1. The zero-order chi connectivity index (χ0) is 17.1. The molecule has 1 aromatic carbocycles. The highest BCUT2D eigenvalue weighted by molar-refractivity contribution is 14.1. The molecule has 1 aromatic heterocycles. The van der Waals surface area contributed by atoms with Gasteiger partial charge < -0.3 is 15.6 Å². The number of ether oxygens (including phenoxy) is 1. The molecule has 1 atom stereocenters. The third kappa shape index (κ3) is 3.61. The number of hydrogen-bond donors (Lipinski definition) is 2. The Morgan fingerprint density at radius 1 is 1.57 bits per heavy atom. The summed E-state index contributed by atoms with van der Waals surface area (Å²) in [5.41, 5.74) is 6.18. The van der Waals surface area contributed by atoms with Gasteiger partial charge in [-0.1, -0.05) is 0 Å². The van der Waals surface area contributed by atoms with Gasteiger partial charge in [0.15, 0.2) is 5.69 Å². The maximum atomic E-state index is 12.0. The highest BCUT2D eigenvalue weighted by Crippen LogP contribution is 2.41. The first kappa shape index (κ1) is 17.6. The number of aromatic hydroxyl groups is 1. The summed E-state index contributed by atoms with van der Waals surface area (Å²) in [7, 11) is 0. The number of aromatic nitrogens is 1. The molecule has 0 bridgehead atoms. The number of nitrogens with zero attached hydrogens (tertiary/aromatic N) is 3. The monoisotopic (exact) mass is 446 g/mol. The molecule has 3 N–H and O–H groups in total. The predicted molar refractivity (Wildman–Crippen MR) is 99.0 cm³/mol. The number of benzene rings is 1. The van der Waals surface area contributed by atoms with Gasteiger partial charge >= 0.3 is 5.97 Å². The molecule has 0 unspecified atom stereocenters. The fourth-order valence-electron chi connectivity index (χ4n) is 2.21. The molecule has 0 aliphatic carbocycles. The second kappa shape index (κ2) is 7.21. The van der Waals surface area contributed by atoms with Gasteiger partial charge in [0.2, 0.25) is 11.0 Å². The van der Waals surface area contributed by atoms with Crippen LogP contribution in [0.25, 0.3) is 10.9 Å². The van der Waals surface area contributed by atoms with E-state index in [2.05, 4.69) is 45.0 Å². The van der Waals surface area contributed by atoms with E-state index in [0.29, 0.717) is 10.9 Å². The van der Waals surface area contributed by atoms with Crippen molar-refractivity contribution in [2.75, 3.05) is 6.61 Å². The van der Waals surface area contributed by atoms with Gasteiger partial charge in [0, 0.05) is 8.96 Å². The molecule has 0 amide bonds. The summed E-state index contributed by atoms with van der Waals surface area (Å²) in [6.07, 6.45) is 0. The molecule has 2 rings (SSSR count). The van der Waals surface area contributed by atoms with Crippen LogP contribution in [0.1, 0.15) is 19.9 Å². The number of halogens is 1. The van der Waals surface area contributed by atoms with E-state index in [1.807, 2.05) is 12.1 Å². The van der Waals surface area contributed by atoms with Crippen molar-refractivity contribution in [3.63, 3.8) is 0 Å². The maximum Gasteiger partial charge on any atom is 0.328 e. The minimum absolute atomic E-state index is 0.144. The first-order chi connectivity index (χ1) is 10.9. The molecule has 0 aliphatic heterocycles. The topological polar surface area (TPSA) is 102 Å². The van der Waals surface area contributed by atoms with Gasteiger partial charge in [0.25, 0.3) is 0 Å². The number of hydrogen-bond acceptors (Lipinski definition) is 5. The van der Waals surface area contributed by atoms with Crippen LogP contribution in [0.4, 0.5) is 5.69 Å². The van der Waals surface area contributed by atoms with Crippen LogP contribution in [-0.4, -0.2) is 27.4 Å². The lowest BCUT2D eigenvalue weighted by Gasteiger charge is -2.14. The highest BCUT2D eigenvalue weighted by Gasteiger charge is 2.25. The molecule has 7 nitrogen and oxygen atoms in total. The van der Waals surface area contributed by atoms with Crippen LogP contribution in [0.15, 0.2) is 28.4 Å². The van der Waals surface area contributed by atoms with Gasteiger partial charge in [0.05, 0.1) is 12.1 Å². The Labute approximate surface area is 151 Å². The smallest absolute Gasteiger partial charge is 0.328 e. The Kier molecular flexibility index (Phi) is 5.52. The normalized spacial score (nSPS) is 12.7. The predicted octanol–water partition coefficient (Wildman–Crippen LogP) is 3.40. The zero-order valence-corrected chi connectivity index (χ0v) is 15.5. The molecule has 23 heavy (non-hydrogen) atoms. The lowest BCUT2D eigenvalue weighted by Crippen LogP contribution is -2.18. The number of rotatable bonds is 4. The summed E-state index contributed by atoms with van der Waals surface area (Å²) in [6.45, 7) is 3.63. The highest BCUT2D eigenvalue weighted by atomic mass is 127. The van der Waals surface area contributed by atoms with Gasteiger partial charge in [-0.2, -0.15) is 0 Å². The van der Waals surface area contributed by atoms with E-state index in [0.717, 1.165) is 3.57 Å². The fraction of sp³-hybridized carbons (Fsp3) is 0.286. The Morgan fingerprint density at radius 3 is 2.87 bits per heavy atom. The van der Waals surface area contributed by atoms with Gasteiger partial charge in [-0.15, -0.1) is 10.2 Å². The fourth-order valence-corrected chi connectivity index (χ4v) is 2.75. The number of esters is 1. The molecule has 9 heteroatoms. The SMILES string of the molecule is CCOC(=O)[C@H](C)n1c(O)c(N=NC(N)=S)c2cc(I)ccc21. The first-order valence-corrected chi connectivity index (χ1v) is 8.25. The second-order valence-corrected chi connectivity index (χ2v) is 6.33. The van der Waals surface area contributed by atoms with Gasteiger partial charge in [-0.3, -0.25) is 4.57 Å². The summed E-state index contributed by atoms with van der Waals surface area (Å²) < 4.78 is 7.43. The summed E-state index contributed by atoms with van der Waals surface area (Å²) in [4.78, 5) is 12.0. The minimum atomic E-state index is -0.716. The van der Waals surface area contributed by atoms with Crippen molar-refractivity contribution in [2.45, 2.75) is 19.9 Å². The summed E-state index contributed by atoms with van der Waals surface area (Å²) in [5.74, 6) is -0.640. The number of nitrogens with two attached hydrogens (primary N) is 1. The van der Waals surface area contributed by atoms with Crippen molar-refractivity contribution in [2.24, 2.45) is 16.0 Å². The molecule has 0 saturated heterocycles. The van der Waals surface area contributed by atoms with Gasteiger partial charge in [-0.05, 0) is 66.9 Å². The van der Waals surface area contributed by atoms with Crippen molar-refractivity contribution in [1.82, 2.24) is 4.57 Å². The molecule has 1 heterocycles. The van der Waals surface area contributed by atoms with E-state index in [1.54, 1.807) is 19.9 Å². The van der Waals surface area contributed by atoms with Crippen LogP contribution < -0.4 is 5.73 Å². The lowest BCUT2D eigenvalue weighted by atomic mass is 10.2. The number of carbonyl (C=O) groups excluding carboxylic acids is 1. The molecule has 0 fully saturated rings. The Hall–Kier alpha value is -1.75. The average molecular weight is 446 g/mol. The Bertz CT molecular complexity index is 803. The average Bonchev–Trinajstić information content (AvgIpc) is 2.75. The Morgan fingerprint density at radius 2 is 2.26 bits per heavy atom. The number of fused-ring (bicyclic) bond motifs is 1. The second-order valence-electron chi connectivity index (χ2n) is 4.67. The van der Waals surface area contributed by atoms with E-state index < -0.39 is 12.0 Å². The van der Waals surface area contributed by atoms with Crippen LogP contribution in [-0.2, 0) is 9.53 Å². The quantitative estimate of drug-likeness (QED) is 0.325. The van der Waals surface area contributed by atoms with Crippen LogP contribution in [0.3, 0.4) is 0 Å². The zero-order valence-electron chi connectivity index (χ0n) is 12.5. The van der Waals surface area contributed by atoms with Crippen molar-refractivity contribution in [3.05, 3.63) is 21.8 Å². The summed E-state index contributed by atoms with van der Waals surface area (Å²) in [6, 6.07) is 4.78. The van der Waals surface area contributed by atoms with Crippen LogP contribution in [0, 0.1) is 3.57 Å². The molecule has 2 aromatic rings. The largest absolute Gasteiger partial charge is 0.493 e. The standard InChI is InChI=1S/C14H15IN4O3S/c1-3-22-13(21)7(2)19-10-5-4-8(15)6-9(10)11(12(19)20)17-18-14(16)23/h4-7,20H,3H2,1-2H3,(H2,16,23)/t7-/m0/s1. The summed E-state index contributed by atoms with van der Waals surface area (Å²) >= 11 is 6.82. The summed E-state index contributed by atoms with van der Waals surface area (Å²) in [5, 5.41) is 18.6. The molecule has 0 saturated carbocycles.